The number of hydrogen-bond acceptors (Lipinski definition) is 5. The number of rotatable bonds is 8. The number of unbranched alkanes of at least 4 members (excludes halogenated alkanes) is 2. The highest BCUT2D eigenvalue weighted by molar-refractivity contribution is 5.92. The van der Waals surface area contributed by atoms with Gasteiger partial charge >= 0.3 is 5.97 Å². The highest BCUT2D eigenvalue weighted by atomic mass is 35.5. The van der Waals surface area contributed by atoms with Gasteiger partial charge in [0.1, 0.15) is 5.69 Å². The van der Waals surface area contributed by atoms with Gasteiger partial charge in [0.05, 0.1) is 13.2 Å². The van der Waals surface area contributed by atoms with Crippen molar-refractivity contribution >= 4 is 24.3 Å². The first-order valence-electron chi connectivity index (χ1n) is 8.31. The molecular formula is C16H27ClN4O3. The molecule has 1 amide bonds. The molecule has 2 rings (SSSR count). The van der Waals surface area contributed by atoms with Crippen molar-refractivity contribution in [2.24, 2.45) is 0 Å². The van der Waals surface area contributed by atoms with Gasteiger partial charge in [-0.15, -0.1) is 12.4 Å². The quantitative estimate of drug-likeness (QED) is 0.545. The molecule has 0 aliphatic carbocycles. The summed E-state index contributed by atoms with van der Waals surface area (Å²) in [4.78, 5) is 23.0. The van der Waals surface area contributed by atoms with Crippen LogP contribution in [0, 0.1) is 0 Å². The molecule has 8 heteroatoms. The highest BCUT2D eigenvalue weighted by Crippen LogP contribution is 2.15. The van der Waals surface area contributed by atoms with E-state index in [0.717, 1.165) is 45.2 Å². The first kappa shape index (κ1) is 20.4. The molecule has 1 aromatic heterocycles. The van der Waals surface area contributed by atoms with Gasteiger partial charge in [0.15, 0.2) is 0 Å². The summed E-state index contributed by atoms with van der Waals surface area (Å²) >= 11 is 0. The van der Waals surface area contributed by atoms with Crippen LogP contribution in [0.3, 0.4) is 0 Å². The zero-order valence-corrected chi connectivity index (χ0v) is 14.9. The Balaban J connectivity index is 0.00000288. The van der Waals surface area contributed by atoms with Crippen LogP contribution in [-0.2, 0) is 9.53 Å². The number of nitrogens with zero attached hydrogens (tertiary/aromatic N) is 2. The molecule has 0 aromatic carbocycles. The van der Waals surface area contributed by atoms with Crippen molar-refractivity contribution in [1.82, 2.24) is 20.4 Å². The number of piperidine rings is 1. The number of carbonyl (C=O) groups excluding carboxylic acids is 2. The standard InChI is InChI=1S/C16H26N4O3.ClH/c1-23-15(21)7-3-2-4-10-18-16(22)14-8-11-20(19-14)13-6-5-9-17-12-13;/h8,11,13,17H,2-7,9-10,12H2,1H3,(H,18,22);1H. The van der Waals surface area contributed by atoms with Crippen molar-refractivity contribution in [3.63, 3.8) is 0 Å². The van der Waals surface area contributed by atoms with Crippen molar-refractivity contribution in [1.29, 1.82) is 0 Å². The molecule has 1 fully saturated rings. The molecule has 7 nitrogen and oxygen atoms in total. The van der Waals surface area contributed by atoms with E-state index in [1.165, 1.54) is 7.11 Å². The normalized spacial score (nSPS) is 17.0. The number of halogens is 1. The fourth-order valence-electron chi connectivity index (χ4n) is 2.69. The molecule has 1 aliphatic heterocycles. The predicted molar refractivity (Wildman–Crippen MR) is 93.4 cm³/mol. The van der Waals surface area contributed by atoms with Gasteiger partial charge in [-0.2, -0.15) is 5.10 Å². The van der Waals surface area contributed by atoms with E-state index >= 15 is 0 Å². The Morgan fingerprint density at radius 3 is 2.96 bits per heavy atom. The monoisotopic (exact) mass is 358 g/mol. The minimum atomic E-state index is -0.184. The second-order valence-electron chi connectivity index (χ2n) is 5.82. The highest BCUT2D eigenvalue weighted by Gasteiger charge is 2.17. The molecule has 0 saturated carbocycles. The first-order chi connectivity index (χ1) is 11.2. The Hall–Kier alpha value is -1.60. The van der Waals surface area contributed by atoms with Gasteiger partial charge in [-0.3, -0.25) is 14.3 Å². The number of methoxy groups -OCH3 is 1. The second-order valence-corrected chi connectivity index (χ2v) is 5.82. The lowest BCUT2D eigenvalue weighted by molar-refractivity contribution is -0.140. The van der Waals surface area contributed by atoms with Gasteiger partial charge in [-0.25, -0.2) is 0 Å². The van der Waals surface area contributed by atoms with Crippen molar-refractivity contribution in [2.45, 2.75) is 44.6 Å². The number of carbonyl (C=O) groups is 2. The lowest BCUT2D eigenvalue weighted by Crippen LogP contribution is -2.32. The summed E-state index contributed by atoms with van der Waals surface area (Å²) in [6, 6.07) is 2.10. The summed E-state index contributed by atoms with van der Waals surface area (Å²) in [5.74, 6) is -0.322. The van der Waals surface area contributed by atoms with E-state index in [-0.39, 0.29) is 24.3 Å². The van der Waals surface area contributed by atoms with Crippen LogP contribution in [0.4, 0.5) is 0 Å². The third-order valence-electron chi connectivity index (χ3n) is 4.06. The zero-order valence-electron chi connectivity index (χ0n) is 14.1. The fourth-order valence-corrected chi connectivity index (χ4v) is 2.69. The van der Waals surface area contributed by atoms with E-state index < -0.39 is 0 Å². The third-order valence-corrected chi connectivity index (χ3v) is 4.06. The van der Waals surface area contributed by atoms with Crippen LogP contribution in [0.1, 0.15) is 55.1 Å². The molecular weight excluding hydrogens is 332 g/mol. The summed E-state index contributed by atoms with van der Waals surface area (Å²) in [6.07, 6.45) is 7.06. The zero-order chi connectivity index (χ0) is 16.5. The predicted octanol–water partition coefficient (Wildman–Crippen LogP) is 1.69. The summed E-state index contributed by atoms with van der Waals surface area (Å²) in [7, 11) is 1.39. The van der Waals surface area contributed by atoms with Crippen LogP contribution >= 0.6 is 12.4 Å². The van der Waals surface area contributed by atoms with E-state index in [1.54, 1.807) is 6.07 Å². The van der Waals surface area contributed by atoms with Crippen LogP contribution in [0.25, 0.3) is 0 Å². The fraction of sp³-hybridized carbons (Fsp3) is 0.688. The number of esters is 1. The molecule has 0 spiro atoms. The van der Waals surface area contributed by atoms with Crippen LogP contribution in [0.15, 0.2) is 12.3 Å². The van der Waals surface area contributed by atoms with Gasteiger partial charge in [0.25, 0.3) is 5.91 Å². The molecule has 136 valence electrons. The average Bonchev–Trinajstić information content (AvgIpc) is 3.08. The van der Waals surface area contributed by atoms with Crippen molar-refractivity contribution in [3.8, 4) is 0 Å². The maximum absolute atomic E-state index is 12.1. The lowest BCUT2D eigenvalue weighted by atomic mass is 10.1. The van der Waals surface area contributed by atoms with Gasteiger partial charge in [0.2, 0.25) is 0 Å². The van der Waals surface area contributed by atoms with Gasteiger partial charge < -0.3 is 15.4 Å². The topological polar surface area (TPSA) is 85.2 Å². The number of nitrogens with one attached hydrogen (secondary N) is 2. The SMILES string of the molecule is COC(=O)CCCCCNC(=O)c1ccn(C2CCCNC2)n1.Cl. The Morgan fingerprint density at radius 1 is 1.42 bits per heavy atom. The minimum Gasteiger partial charge on any atom is -0.469 e. The lowest BCUT2D eigenvalue weighted by Gasteiger charge is -2.22. The molecule has 1 unspecified atom stereocenters. The van der Waals surface area contributed by atoms with E-state index in [0.29, 0.717) is 24.7 Å². The number of ether oxygens (including phenoxy) is 1. The molecule has 1 saturated heterocycles. The second kappa shape index (κ2) is 11.0. The third kappa shape index (κ3) is 6.49. The summed E-state index contributed by atoms with van der Waals surface area (Å²) in [5, 5.41) is 10.6. The van der Waals surface area contributed by atoms with Crippen molar-refractivity contribution < 1.29 is 14.3 Å². The first-order valence-corrected chi connectivity index (χ1v) is 8.31. The van der Waals surface area contributed by atoms with Gasteiger partial charge in [-0.05, 0) is 38.3 Å². The molecule has 1 aliphatic rings. The maximum Gasteiger partial charge on any atom is 0.305 e. The largest absolute Gasteiger partial charge is 0.469 e. The van der Waals surface area contributed by atoms with E-state index in [2.05, 4.69) is 20.5 Å². The molecule has 2 heterocycles. The van der Waals surface area contributed by atoms with Crippen LogP contribution in [0.2, 0.25) is 0 Å². The van der Waals surface area contributed by atoms with E-state index in [1.807, 2.05) is 10.9 Å². The molecule has 0 bridgehead atoms. The summed E-state index contributed by atoms with van der Waals surface area (Å²) in [6.45, 7) is 2.56. The number of aromatic nitrogens is 2. The molecule has 2 N–H and O–H groups in total. The maximum atomic E-state index is 12.1. The van der Waals surface area contributed by atoms with Crippen molar-refractivity contribution in [2.75, 3.05) is 26.7 Å². The molecule has 24 heavy (non-hydrogen) atoms. The van der Waals surface area contributed by atoms with E-state index in [4.69, 9.17) is 0 Å². The Kier molecular flexibility index (Phi) is 9.41. The van der Waals surface area contributed by atoms with E-state index in [9.17, 15) is 9.59 Å². The van der Waals surface area contributed by atoms with Gasteiger partial charge in [0, 0.05) is 25.7 Å². The molecule has 0 radical (unpaired) electrons. The van der Waals surface area contributed by atoms with Crippen LogP contribution < -0.4 is 10.6 Å². The van der Waals surface area contributed by atoms with Crippen LogP contribution in [0.5, 0.6) is 0 Å². The summed E-state index contributed by atoms with van der Waals surface area (Å²) < 4.78 is 6.47. The van der Waals surface area contributed by atoms with Crippen molar-refractivity contribution in [3.05, 3.63) is 18.0 Å². The number of hydrogen-bond donors (Lipinski definition) is 2. The molecule has 1 aromatic rings. The Labute approximate surface area is 148 Å². The number of amides is 1. The average molecular weight is 359 g/mol. The minimum absolute atomic E-state index is 0. The Bertz CT molecular complexity index is 515. The Morgan fingerprint density at radius 2 is 2.25 bits per heavy atom. The van der Waals surface area contributed by atoms with Crippen LogP contribution in [-0.4, -0.2) is 48.4 Å². The smallest absolute Gasteiger partial charge is 0.305 e. The molecule has 1 atom stereocenters. The summed E-state index contributed by atoms with van der Waals surface area (Å²) in [5.41, 5.74) is 0.463. The van der Waals surface area contributed by atoms with Gasteiger partial charge in [-0.1, -0.05) is 6.42 Å².